The van der Waals surface area contributed by atoms with Crippen LogP contribution in [0.15, 0.2) is 36.4 Å². The third-order valence-electron chi connectivity index (χ3n) is 4.49. The van der Waals surface area contributed by atoms with Gasteiger partial charge in [0.25, 0.3) is 0 Å². The minimum Gasteiger partial charge on any atom is -0.307 e. The summed E-state index contributed by atoms with van der Waals surface area (Å²) in [6.07, 6.45) is -5.53. The van der Waals surface area contributed by atoms with Crippen LogP contribution in [0.2, 0.25) is 0 Å². The zero-order valence-corrected chi connectivity index (χ0v) is 14.0. The van der Waals surface area contributed by atoms with Crippen molar-refractivity contribution in [3.63, 3.8) is 0 Å². The van der Waals surface area contributed by atoms with Gasteiger partial charge in [0.1, 0.15) is 24.2 Å². The number of aldehydes is 1. The van der Waals surface area contributed by atoms with Gasteiger partial charge in [-0.1, -0.05) is 12.1 Å². The molecule has 1 N–H and O–H groups in total. The van der Waals surface area contributed by atoms with E-state index in [0.717, 1.165) is 30.3 Å². The van der Waals surface area contributed by atoms with E-state index in [1.807, 2.05) is 0 Å². The second-order valence-corrected chi connectivity index (χ2v) is 6.15. The van der Waals surface area contributed by atoms with E-state index >= 15 is 0 Å². The van der Waals surface area contributed by atoms with Gasteiger partial charge < -0.3 is 15.0 Å². The average Bonchev–Trinajstić information content (AvgIpc) is 2.61. The van der Waals surface area contributed by atoms with Crippen molar-refractivity contribution in [2.24, 2.45) is 0 Å². The van der Waals surface area contributed by atoms with Gasteiger partial charge in [0.05, 0.1) is 5.69 Å². The molecular weight excluding hydrogens is 390 g/mol. The van der Waals surface area contributed by atoms with Crippen LogP contribution in [0, 0.1) is 17.5 Å². The van der Waals surface area contributed by atoms with Crippen LogP contribution in [0.3, 0.4) is 0 Å². The number of fused-ring (bicyclic) bond motifs is 1. The fourth-order valence-electron chi connectivity index (χ4n) is 3.41. The first-order chi connectivity index (χ1) is 13.1. The molecule has 2 aromatic rings. The summed E-state index contributed by atoms with van der Waals surface area (Å²) in [6, 6.07) is 4.24. The van der Waals surface area contributed by atoms with Crippen molar-refractivity contribution in [3.8, 4) is 0 Å². The number of hydrogen-bond acceptors (Lipinski definition) is 2. The van der Waals surface area contributed by atoms with Gasteiger partial charge in [-0.25, -0.2) is 18.0 Å². The number of benzene rings is 2. The molecule has 28 heavy (non-hydrogen) atoms. The highest BCUT2D eigenvalue weighted by Crippen LogP contribution is 2.48. The number of alkyl halides is 3. The van der Waals surface area contributed by atoms with E-state index in [4.69, 9.17) is 0 Å². The number of halogens is 6. The number of carbonyl (C=O) groups is 2. The Balaban J connectivity index is 2.40. The number of amides is 2. The number of hydrogen-bond donors (Lipinski definition) is 1. The summed E-state index contributed by atoms with van der Waals surface area (Å²) in [7, 11) is 0. The lowest BCUT2D eigenvalue weighted by Gasteiger charge is -2.47. The normalized spacial score (nSPS) is 19.2. The summed E-state index contributed by atoms with van der Waals surface area (Å²) in [5.41, 5.74) is -3.43. The first kappa shape index (κ1) is 19.7. The van der Waals surface area contributed by atoms with Crippen molar-refractivity contribution < 1.29 is 35.9 Å². The average molecular weight is 402 g/mol. The lowest BCUT2D eigenvalue weighted by atomic mass is 9.76. The summed E-state index contributed by atoms with van der Waals surface area (Å²) < 4.78 is 81.7. The first-order valence-corrected chi connectivity index (χ1v) is 7.93. The summed E-state index contributed by atoms with van der Waals surface area (Å²) in [5, 5.41) is 2.09. The Bertz CT molecular complexity index is 929. The lowest BCUT2D eigenvalue weighted by molar-refractivity contribution is -0.150. The molecule has 148 valence electrons. The van der Waals surface area contributed by atoms with E-state index in [1.54, 1.807) is 0 Å². The summed E-state index contributed by atoms with van der Waals surface area (Å²) in [5.74, 6) is -3.64. The van der Waals surface area contributed by atoms with Crippen LogP contribution in [0.25, 0.3) is 0 Å². The summed E-state index contributed by atoms with van der Waals surface area (Å²) in [4.78, 5) is 24.1. The van der Waals surface area contributed by atoms with E-state index < -0.39 is 53.7 Å². The van der Waals surface area contributed by atoms with Gasteiger partial charge in [-0.15, -0.1) is 0 Å². The highest BCUT2D eigenvalue weighted by molar-refractivity contribution is 5.95. The second kappa shape index (κ2) is 6.84. The maximum absolute atomic E-state index is 14.8. The maximum Gasteiger partial charge on any atom is 0.406 e. The Morgan fingerprint density at radius 2 is 1.68 bits per heavy atom. The van der Waals surface area contributed by atoms with Gasteiger partial charge in [-0.3, -0.25) is 0 Å². The van der Waals surface area contributed by atoms with Crippen LogP contribution in [-0.4, -0.2) is 29.9 Å². The fraction of sp³-hybridized carbons (Fsp3) is 0.222. The van der Waals surface area contributed by atoms with E-state index in [0.29, 0.717) is 6.07 Å². The molecule has 0 aromatic heterocycles. The Labute approximate surface area is 154 Å². The van der Waals surface area contributed by atoms with E-state index in [9.17, 15) is 35.9 Å². The Morgan fingerprint density at radius 3 is 2.25 bits per heavy atom. The van der Waals surface area contributed by atoms with Crippen molar-refractivity contribution in [1.82, 2.24) is 4.90 Å². The number of carbonyl (C=O) groups excluding carboxylic acids is 2. The molecule has 10 heteroatoms. The molecule has 0 radical (unpaired) electrons. The molecular formula is C18H12F6N2O2. The van der Waals surface area contributed by atoms with Crippen LogP contribution in [-0.2, 0) is 10.3 Å². The number of nitrogens with zero attached hydrogens (tertiary/aromatic N) is 1. The van der Waals surface area contributed by atoms with Crippen LogP contribution >= 0.6 is 0 Å². The molecule has 2 amide bonds. The topological polar surface area (TPSA) is 49.4 Å². The van der Waals surface area contributed by atoms with E-state index in [2.05, 4.69) is 5.32 Å². The molecule has 0 aliphatic carbocycles. The molecule has 0 fully saturated rings. The van der Waals surface area contributed by atoms with Crippen molar-refractivity contribution in [2.45, 2.75) is 18.1 Å². The Hall–Kier alpha value is -3.04. The standard InChI is InChI=1S/C18H12F6N2O2/c19-11-3-1-10(2-4-11)17(7-8-27)14-13(6-5-12(20)15(14)21)25-16(28)26(17)9-18(22,23)24/h1-6,8H,7,9H2,(H,25,28). The Kier molecular flexibility index (Phi) is 4.82. The molecule has 0 spiro atoms. The molecule has 1 aliphatic rings. The van der Waals surface area contributed by atoms with Crippen LogP contribution in [0.5, 0.6) is 0 Å². The minimum atomic E-state index is -4.91. The molecule has 1 aliphatic heterocycles. The van der Waals surface area contributed by atoms with Gasteiger partial charge >= 0.3 is 12.2 Å². The van der Waals surface area contributed by atoms with Crippen LogP contribution in [0.1, 0.15) is 17.5 Å². The van der Waals surface area contributed by atoms with Crippen molar-refractivity contribution in [2.75, 3.05) is 11.9 Å². The molecule has 4 nitrogen and oxygen atoms in total. The third kappa shape index (κ3) is 3.19. The van der Waals surface area contributed by atoms with Crippen molar-refractivity contribution in [3.05, 3.63) is 65.0 Å². The predicted molar refractivity (Wildman–Crippen MR) is 86.0 cm³/mol. The fourth-order valence-corrected chi connectivity index (χ4v) is 3.41. The number of rotatable bonds is 4. The third-order valence-corrected chi connectivity index (χ3v) is 4.49. The van der Waals surface area contributed by atoms with E-state index in [1.165, 1.54) is 0 Å². The monoisotopic (exact) mass is 402 g/mol. The van der Waals surface area contributed by atoms with Crippen molar-refractivity contribution >= 4 is 18.0 Å². The molecule has 1 unspecified atom stereocenters. The lowest BCUT2D eigenvalue weighted by Crippen LogP contribution is -2.58. The van der Waals surface area contributed by atoms with Gasteiger partial charge in [0, 0.05) is 12.0 Å². The van der Waals surface area contributed by atoms with Crippen LogP contribution in [0.4, 0.5) is 36.8 Å². The predicted octanol–water partition coefficient (Wildman–Crippen LogP) is 4.35. The van der Waals surface area contributed by atoms with Gasteiger partial charge in [0.15, 0.2) is 11.6 Å². The molecule has 1 atom stereocenters. The van der Waals surface area contributed by atoms with Gasteiger partial charge in [0.2, 0.25) is 0 Å². The SMILES string of the molecule is O=CCC1(c2ccc(F)cc2)c2c(ccc(F)c2F)NC(=O)N1CC(F)(F)F. The summed E-state index contributed by atoms with van der Waals surface area (Å²) >= 11 is 0. The van der Waals surface area contributed by atoms with Crippen molar-refractivity contribution in [1.29, 1.82) is 0 Å². The number of nitrogens with one attached hydrogen (secondary N) is 1. The van der Waals surface area contributed by atoms with E-state index in [-0.39, 0.29) is 22.4 Å². The zero-order chi connectivity index (χ0) is 20.7. The highest BCUT2D eigenvalue weighted by atomic mass is 19.4. The molecule has 3 rings (SSSR count). The van der Waals surface area contributed by atoms with Gasteiger partial charge in [-0.2, -0.15) is 13.2 Å². The molecule has 1 heterocycles. The minimum absolute atomic E-state index is 0.175. The van der Waals surface area contributed by atoms with Crippen LogP contribution < -0.4 is 5.32 Å². The quantitative estimate of drug-likeness (QED) is 0.611. The maximum atomic E-state index is 14.8. The molecule has 0 saturated heterocycles. The Morgan fingerprint density at radius 1 is 1.04 bits per heavy atom. The second-order valence-electron chi connectivity index (χ2n) is 6.15. The first-order valence-electron chi connectivity index (χ1n) is 7.93. The number of urea groups is 1. The largest absolute Gasteiger partial charge is 0.406 e. The molecule has 0 bridgehead atoms. The number of anilines is 1. The van der Waals surface area contributed by atoms with Gasteiger partial charge in [-0.05, 0) is 29.8 Å². The molecule has 0 saturated carbocycles. The smallest absolute Gasteiger partial charge is 0.307 e. The highest BCUT2D eigenvalue weighted by Gasteiger charge is 2.53. The zero-order valence-electron chi connectivity index (χ0n) is 14.0. The summed E-state index contributed by atoms with van der Waals surface area (Å²) in [6.45, 7) is -1.85. The molecule has 2 aromatic carbocycles.